The van der Waals surface area contributed by atoms with Crippen molar-refractivity contribution in [2.45, 2.75) is 25.3 Å². The van der Waals surface area contributed by atoms with Crippen LogP contribution in [-0.4, -0.2) is 50.8 Å². The molecule has 1 unspecified atom stereocenters. The van der Waals surface area contributed by atoms with E-state index in [0.717, 1.165) is 37.8 Å². The molecule has 1 saturated heterocycles. The molecule has 1 heterocycles. The maximum absolute atomic E-state index is 5.99. The molecule has 0 radical (unpaired) electrons. The number of hydrogen-bond donors (Lipinski definition) is 1. The normalized spacial score (nSPS) is 23.0. The van der Waals surface area contributed by atoms with Crippen LogP contribution in [0.2, 0.25) is 0 Å². The molecular weight excluding hydrogens is 259 g/mol. The molecule has 100 valence electrons. The zero-order chi connectivity index (χ0) is 12.5. The molecule has 0 amide bonds. The molecule has 3 nitrogen and oxygen atoms in total. The van der Waals surface area contributed by atoms with E-state index in [9.17, 15) is 0 Å². The number of piperidine rings is 1. The van der Waals surface area contributed by atoms with Crippen molar-refractivity contribution < 1.29 is 4.74 Å². The van der Waals surface area contributed by atoms with Gasteiger partial charge in [-0.3, -0.25) is 4.90 Å². The van der Waals surface area contributed by atoms with Gasteiger partial charge in [0.1, 0.15) is 0 Å². The van der Waals surface area contributed by atoms with Crippen molar-refractivity contribution in [2.24, 2.45) is 0 Å². The summed E-state index contributed by atoms with van der Waals surface area (Å²) in [6.45, 7) is 4.53. The molecule has 1 atom stereocenters. The van der Waals surface area contributed by atoms with Gasteiger partial charge in [0, 0.05) is 43.4 Å². The second kappa shape index (κ2) is 9.17. The molecule has 1 aliphatic rings. The van der Waals surface area contributed by atoms with Crippen LogP contribution in [0.4, 0.5) is 0 Å². The van der Waals surface area contributed by atoms with Gasteiger partial charge in [0.25, 0.3) is 0 Å². The Balaban J connectivity index is 2.32. The van der Waals surface area contributed by atoms with Crippen LogP contribution in [0, 0.1) is 0 Å². The Labute approximate surface area is 114 Å². The highest BCUT2D eigenvalue weighted by molar-refractivity contribution is 6.36. The van der Waals surface area contributed by atoms with Crippen molar-refractivity contribution in [2.75, 3.05) is 39.9 Å². The van der Waals surface area contributed by atoms with Crippen LogP contribution in [0.1, 0.15) is 19.3 Å². The van der Waals surface area contributed by atoms with Gasteiger partial charge < -0.3 is 10.1 Å². The minimum Gasteiger partial charge on any atom is -0.383 e. The summed E-state index contributed by atoms with van der Waals surface area (Å²) in [6, 6.07) is 0.561. The fraction of sp³-hybridized carbons (Fsp3) is 0.833. The monoisotopic (exact) mass is 280 g/mol. The average molecular weight is 281 g/mol. The van der Waals surface area contributed by atoms with Gasteiger partial charge in [0.15, 0.2) is 0 Å². The highest BCUT2D eigenvalue weighted by Gasteiger charge is 2.22. The Morgan fingerprint density at radius 3 is 3.06 bits per heavy atom. The lowest BCUT2D eigenvalue weighted by molar-refractivity contribution is 0.153. The third-order valence-corrected chi connectivity index (χ3v) is 3.69. The van der Waals surface area contributed by atoms with E-state index in [1.54, 1.807) is 7.11 Å². The molecule has 5 heteroatoms. The summed E-state index contributed by atoms with van der Waals surface area (Å²) in [5.41, 5.74) is 1.46. The summed E-state index contributed by atoms with van der Waals surface area (Å²) in [5.74, 6) is 0. The van der Waals surface area contributed by atoms with Gasteiger partial charge in [-0.05, 0) is 19.4 Å². The summed E-state index contributed by atoms with van der Waals surface area (Å²) in [7, 11) is 1.72. The molecule has 1 aliphatic heterocycles. The van der Waals surface area contributed by atoms with Crippen molar-refractivity contribution in [3.8, 4) is 0 Å². The molecule has 0 spiro atoms. The zero-order valence-corrected chi connectivity index (χ0v) is 11.9. The lowest BCUT2D eigenvalue weighted by Gasteiger charge is -2.35. The van der Waals surface area contributed by atoms with Crippen LogP contribution in [0.3, 0.4) is 0 Å². The standard InChI is InChI=1S/C12H22Cl2N2O/c1-17-7-5-15-9-12-4-2-3-6-16(12)10-11(14)8-13/h8,12,15H,2-7,9-10H2,1H3. The van der Waals surface area contributed by atoms with E-state index in [1.807, 2.05) is 0 Å². The van der Waals surface area contributed by atoms with E-state index < -0.39 is 0 Å². The van der Waals surface area contributed by atoms with E-state index in [4.69, 9.17) is 27.9 Å². The van der Waals surface area contributed by atoms with Crippen molar-refractivity contribution in [3.05, 3.63) is 10.6 Å². The molecule has 1 N–H and O–H groups in total. The van der Waals surface area contributed by atoms with Crippen molar-refractivity contribution in [3.63, 3.8) is 0 Å². The van der Waals surface area contributed by atoms with Crippen molar-refractivity contribution in [1.82, 2.24) is 10.2 Å². The first kappa shape index (κ1) is 15.3. The van der Waals surface area contributed by atoms with Gasteiger partial charge >= 0.3 is 0 Å². The molecular formula is C12H22Cl2N2O. The van der Waals surface area contributed by atoms with Crippen LogP contribution < -0.4 is 5.32 Å². The highest BCUT2D eigenvalue weighted by Crippen LogP contribution is 2.19. The minimum absolute atomic E-state index is 0.561. The van der Waals surface area contributed by atoms with E-state index in [2.05, 4.69) is 10.2 Å². The number of halogens is 2. The van der Waals surface area contributed by atoms with E-state index in [1.165, 1.54) is 24.8 Å². The summed E-state index contributed by atoms with van der Waals surface area (Å²) in [5, 5.41) is 4.13. The fourth-order valence-electron chi connectivity index (χ4n) is 2.17. The van der Waals surface area contributed by atoms with Gasteiger partial charge in [0.05, 0.1) is 6.61 Å². The van der Waals surface area contributed by atoms with Gasteiger partial charge in [-0.25, -0.2) is 0 Å². The molecule has 0 saturated carbocycles. The van der Waals surface area contributed by atoms with Gasteiger partial charge in [-0.15, -0.1) is 0 Å². The van der Waals surface area contributed by atoms with E-state index in [-0.39, 0.29) is 0 Å². The van der Waals surface area contributed by atoms with Crippen LogP contribution >= 0.6 is 23.2 Å². The minimum atomic E-state index is 0.561. The summed E-state index contributed by atoms with van der Waals surface area (Å²) in [4.78, 5) is 2.41. The lowest BCUT2D eigenvalue weighted by Crippen LogP contribution is -2.46. The smallest absolute Gasteiger partial charge is 0.0587 e. The predicted molar refractivity (Wildman–Crippen MR) is 73.7 cm³/mol. The van der Waals surface area contributed by atoms with Crippen molar-refractivity contribution >= 4 is 23.2 Å². The Morgan fingerprint density at radius 1 is 1.53 bits per heavy atom. The quantitative estimate of drug-likeness (QED) is 0.725. The first-order valence-electron chi connectivity index (χ1n) is 6.16. The SMILES string of the molecule is COCCNCC1CCCCN1CC(Cl)=CCl. The molecule has 0 aromatic heterocycles. The number of methoxy groups -OCH3 is 1. The third-order valence-electron chi connectivity index (χ3n) is 3.08. The second-order valence-corrected chi connectivity index (χ2v) is 5.08. The molecule has 0 aromatic rings. The first-order valence-corrected chi connectivity index (χ1v) is 6.98. The zero-order valence-electron chi connectivity index (χ0n) is 10.4. The highest BCUT2D eigenvalue weighted by atomic mass is 35.5. The van der Waals surface area contributed by atoms with E-state index >= 15 is 0 Å². The van der Waals surface area contributed by atoms with Gasteiger partial charge in [0.2, 0.25) is 0 Å². The first-order chi connectivity index (χ1) is 8.27. The van der Waals surface area contributed by atoms with Crippen LogP contribution in [0.25, 0.3) is 0 Å². The maximum atomic E-state index is 5.99. The molecule has 17 heavy (non-hydrogen) atoms. The Morgan fingerprint density at radius 2 is 2.35 bits per heavy atom. The molecule has 1 rings (SSSR count). The summed E-state index contributed by atoms with van der Waals surface area (Å²) in [6.07, 6.45) is 3.78. The Bertz CT molecular complexity index is 237. The number of ether oxygens (including phenoxy) is 1. The second-order valence-electron chi connectivity index (χ2n) is 4.37. The van der Waals surface area contributed by atoms with Crippen LogP contribution in [0.15, 0.2) is 10.6 Å². The Hall–Kier alpha value is 0.200. The topological polar surface area (TPSA) is 24.5 Å². The number of rotatable bonds is 7. The molecule has 1 fully saturated rings. The number of nitrogens with one attached hydrogen (secondary N) is 1. The van der Waals surface area contributed by atoms with Crippen molar-refractivity contribution in [1.29, 1.82) is 0 Å². The van der Waals surface area contributed by atoms with Gasteiger partial charge in [-0.1, -0.05) is 29.6 Å². The summed E-state index contributed by atoms with van der Waals surface area (Å²) >= 11 is 11.6. The van der Waals surface area contributed by atoms with Crippen LogP contribution in [-0.2, 0) is 4.74 Å². The maximum Gasteiger partial charge on any atom is 0.0587 e. The summed E-state index contributed by atoms with van der Waals surface area (Å²) < 4.78 is 5.02. The largest absolute Gasteiger partial charge is 0.383 e. The lowest BCUT2D eigenvalue weighted by atomic mass is 10.0. The fourth-order valence-corrected chi connectivity index (χ4v) is 2.39. The molecule has 0 bridgehead atoms. The molecule has 0 aliphatic carbocycles. The average Bonchev–Trinajstić information content (AvgIpc) is 2.36. The number of nitrogens with zero attached hydrogens (tertiary/aromatic N) is 1. The molecule has 0 aromatic carbocycles. The van der Waals surface area contributed by atoms with E-state index in [0.29, 0.717) is 6.04 Å². The number of hydrogen-bond acceptors (Lipinski definition) is 3. The van der Waals surface area contributed by atoms with Gasteiger partial charge in [-0.2, -0.15) is 0 Å². The van der Waals surface area contributed by atoms with Crippen LogP contribution in [0.5, 0.6) is 0 Å². The Kier molecular flexibility index (Phi) is 8.23. The number of likely N-dealkylation sites (tertiary alicyclic amines) is 1. The third kappa shape index (κ3) is 6.07. The predicted octanol–water partition coefficient (Wildman–Crippen LogP) is 2.40.